The Balaban J connectivity index is 1.87. The van der Waals surface area contributed by atoms with Gasteiger partial charge in [0.25, 0.3) is 0 Å². The molecular formula is C16H26FN3. The summed E-state index contributed by atoms with van der Waals surface area (Å²) in [6.07, 6.45) is 1.22. The van der Waals surface area contributed by atoms with Crippen LogP contribution in [0.1, 0.15) is 31.9 Å². The third-order valence-corrected chi connectivity index (χ3v) is 4.33. The predicted octanol–water partition coefficient (Wildman–Crippen LogP) is 2.24. The maximum Gasteiger partial charge on any atom is 0.123 e. The number of nitrogens with zero attached hydrogens (tertiary/aromatic N) is 2. The summed E-state index contributed by atoms with van der Waals surface area (Å²) in [6.45, 7) is 9.71. The highest BCUT2D eigenvalue weighted by Gasteiger charge is 2.27. The van der Waals surface area contributed by atoms with Crippen molar-refractivity contribution < 1.29 is 4.39 Å². The van der Waals surface area contributed by atoms with Crippen LogP contribution in [0.15, 0.2) is 24.3 Å². The van der Waals surface area contributed by atoms with Gasteiger partial charge >= 0.3 is 0 Å². The maximum absolute atomic E-state index is 12.9. The Hall–Kier alpha value is -0.970. The summed E-state index contributed by atoms with van der Waals surface area (Å²) in [7, 11) is 0. The van der Waals surface area contributed by atoms with E-state index >= 15 is 0 Å². The minimum Gasteiger partial charge on any atom is -0.323 e. The van der Waals surface area contributed by atoms with Gasteiger partial charge in [0.05, 0.1) is 0 Å². The van der Waals surface area contributed by atoms with Crippen molar-refractivity contribution in [1.82, 2.24) is 9.80 Å². The topological polar surface area (TPSA) is 32.5 Å². The van der Waals surface area contributed by atoms with Gasteiger partial charge in [-0.2, -0.15) is 0 Å². The summed E-state index contributed by atoms with van der Waals surface area (Å²) in [5.41, 5.74) is 7.25. The second-order valence-corrected chi connectivity index (χ2v) is 5.58. The molecule has 2 unspecified atom stereocenters. The molecule has 0 saturated carbocycles. The lowest BCUT2D eigenvalue weighted by Crippen LogP contribution is -2.38. The number of nitrogens with two attached hydrogens (primary N) is 1. The molecule has 0 bridgehead atoms. The molecule has 4 heteroatoms. The molecule has 112 valence electrons. The van der Waals surface area contributed by atoms with Crippen LogP contribution in [0.2, 0.25) is 0 Å². The van der Waals surface area contributed by atoms with Gasteiger partial charge in [0.15, 0.2) is 0 Å². The normalized spacial score (nSPS) is 21.6. The Kier molecular flexibility index (Phi) is 5.52. The molecule has 2 atom stereocenters. The number of likely N-dealkylation sites (tertiary alicyclic amines) is 1. The third-order valence-electron chi connectivity index (χ3n) is 4.33. The molecule has 2 N–H and O–H groups in total. The summed E-state index contributed by atoms with van der Waals surface area (Å²) < 4.78 is 12.9. The molecule has 0 aromatic heterocycles. The second kappa shape index (κ2) is 7.16. The minimum absolute atomic E-state index is 0.0361. The number of rotatable bonds is 6. The van der Waals surface area contributed by atoms with Crippen LogP contribution < -0.4 is 5.73 Å². The number of benzene rings is 1. The first kappa shape index (κ1) is 15.4. The Morgan fingerprint density at radius 1 is 1.30 bits per heavy atom. The Labute approximate surface area is 121 Å². The first-order chi connectivity index (χ1) is 9.63. The average Bonchev–Trinajstić information content (AvgIpc) is 2.89. The van der Waals surface area contributed by atoms with Crippen LogP contribution in [-0.4, -0.2) is 48.6 Å². The molecule has 3 nitrogen and oxygen atoms in total. The molecule has 2 rings (SSSR count). The number of hydrogen-bond donors (Lipinski definition) is 1. The van der Waals surface area contributed by atoms with E-state index in [2.05, 4.69) is 23.6 Å². The van der Waals surface area contributed by atoms with Crippen molar-refractivity contribution in [3.05, 3.63) is 35.6 Å². The monoisotopic (exact) mass is 279 g/mol. The third kappa shape index (κ3) is 3.78. The predicted molar refractivity (Wildman–Crippen MR) is 81.1 cm³/mol. The van der Waals surface area contributed by atoms with Crippen LogP contribution in [-0.2, 0) is 0 Å². The van der Waals surface area contributed by atoms with E-state index in [-0.39, 0.29) is 11.9 Å². The van der Waals surface area contributed by atoms with E-state index < -0.39 is 0 Å². The van der Waals surface area contributed by atoms with E-state index in [4.69, 9.17) is 5.73 Å². The lowest BCUT2D eigenvalue weighted by molar-refractivity contribution is 0.208. The van der Waals surface area contributed by atoms with Gasteiger partial charge < -0.3 is 5.73 Å². The van der Waals surface area contributed by atoms with Crippen molar-refractivity contribution in [3.8, 4) is 0 Å². The highest BCUT2D eigenvalue weighted by Crippen LogP contribution is 2.19. The van der Waals surface area contributed by atoms with Crippen molar-refractivity contribution >= 4 is 0 Å². The van der Waals surface area contributed by atoms with Gasteiger partial charge in [0, 0.05) is 25.2 Å². The second-order valence-electron chi connectivity index (χ2n) is 5.58. The molecule has 0 spiro atoms. The van der Waals surface area contributed by atoms with Gasteiger partial charge in [-0.3, -0.25) is 9.80 Å². The molecular weight excluding hydrogens is 253 g/mol. The largest absolute Gasteiger partial charge is 0.323 e. The molecule has 1 fully saturated rings. The van der Waals surface area contributed by atoms with Gasteiger partial charge in [0.2, 0.25) is 0 Å². The van der Waals surface area contributed by atoms with Crippen LogP contribution in [0.4, 0.5) is 4.39 Å². The summed E-state index contributed by atoms with van der Waals surface area (Å²) in [6, 6.07) is 7.17. The molecule has 0 radical (unpaired) electrons. The highest BCUT2D eigenvalue weighted by atomic mass is 19.1. The Morgan fingerprint density at radius 2 is 1.95 bits per heavy atom. The Morgan fingerprint density at radius 3 is 2.55 bits per heavy atom. The standard InChI is InChI=1S/C16H26FN3/c1-3-20(4-2)15-9-10-19(11-15)12-16(18)13-5-7-14(17)8-6-13/h5-8,15-16H,3-4,9-12,18H2,1-2H3. The molecule has 1 aliphatic heterocycles. The van der Waals surface area contributed by atoms with Crippen LogP contribution in [0.25, 0.3) is 0 Å². The molecule has 1 saturated heterocycles. The molecule has 20 heavy (non-hydrogen) atoms. The summed E-state index contributed by atoms with van der Waals surface area (Å²) in [5.74, 6) is -0.205. The van der Waals surface area contributed by atoms with Gasteiger partial charge in [-0.1, -0.05) is 26.0 Å². The molecule has 0 aliphatic carbocycles. The number of hydrogen-bond acceptors (Lipinski definition) is 3. The minimum atomic E-state index is -0.205. The number of likely N-dealkylation sites (N-methyl/N-ethyl adjacent to an activating group) is 1. The van der Waals surface area contributed by atoms with Crippen molar-refractivity contribution in [1.29, 1.82) is 0 Å². The van der Waals surface area contributed by atoms with Crippen molar-refractivity contribution in [2.45, 2.75) is 32.4 Å². The zero-order valence-electron chi connectivity index (χ0n) is 12.6. The number of halogens is 1. The fourth-order valence-electron chi connectivity index (χ4n) is 3.11. The smallest absolute Gasteiger partial charge is 0.123 e. The quantitative estimate of drug-likeness (QED) is 0.867. The highest BCUT2D eigenvalue weighted by molar-refractivity contribution is 5.19. The van der Waals surface area contributed by atoms with Gasteiger partial charge in [0.1, 0.15) is 5.82 Å². The summed E-state index contributed by atoms with van der Waals surface area (Å²) in [4.78, 5) is 4.94. The van der Waals surface area contributed by atoms with Gasteiger partial charge in [-0.15, -0.1) is 0 Å². The molecule has 1 aromatic rings. The fraction of sp³-hybridized carbons (Fsp3) is 0.625. The van der Waals surface area contributed by atoms with E-state index in [0.29, 0.717) is 6.04 Å². The molecule has 1 aromatic carbocycles. The van der Waals surface area contributed by atoms with Crippen LogP contribution in [0, 0.1) is 5.82 Å². The summed E-state index contributed by atoms with van der Waals surface area (Å²) in [5, 5.41) is 0. The van der Waals surface area contributed by atoms with E-state index in [1.807, 2.05) is 0 Å². The van der Waals surface area contributed by atoms with Crippen molar-refractivity contribution in [3.63, 3.8) is 0 Å². The SMILES string of the molecule is CCN(CC)C1CCN(CC(N)c2ccc(F)cc2)C1. The van der Waals surface area contributed by atoms with Gasteiger partial charge in [-0.05, 0) is 43.8 Å². The molecule has 1 aliphatic rings. The Bertz CT molecular complexity index is 403. The van der Waals surface area contributed by atoms with E-state index in [1.54, 1.807) is 12.1 Å². The molecule has 0 amide bonds. The van der Waals surface area contributed by atoms with E-state index in [0.717, 1.165) is 38.3 Å². The van der Waals surface area contributed by atoms with Crippen molar-refractivity contribution in [2.24, 2.45) is 5.73 Å². The lowest BCUT2D eigenvalue weighted by atomic mass is 10.1. The van der Waals surface area contributed by atoms with E-state index in [9.17, 15) is 4.39 Å². The maximum atomic E-state index is 12.9. The van der Waals surface area contributed by atoms with E-state index in [1.165, 1.54) is 18.6 Å². The summed E-state index contributed by atoms with van der Waals surface area (Å²) >= 11 is 0. The van der Waals surface area contributed by atoms with Crippen LogP contribution in [0.3, 0.4) is 0 Å². The van der Waals surface area contributed by atoms with Crippen molar-refractivity contribution in [2.75, 3.05) is 32.7 Å². The van der Waals surface area contributed by atoms with Gasteiger partial charge in [-0.25, -0.2) is 4.39 Å². The fourth-order valence-corrected chi connectivity index (χ4v) is 3.11. The first-order valence-electron chi connectivity index (χ1n) is 7.61. The zero-order valence-corrected chi connectivity index (χ0v) is 12.6. The van der Waals surface area contributed by atoms with Crippen LogP contribution >= 0.6 is 0 Å². The zero-order chi connectivity index (χ0) is 14.5. The average molecular weight is 279 g/mol. The lowest BCUT2D eigenvalue weighted by Gasteiger charge is -2.27. The van der Waals surface area contributed by atoms with Crippen LogP contribution in [0.5, 0.6) is 0 Å². The molecule has 1 heterocycles. The first-order valence-corrected chi connectivity index (χ1v) is 7.61.